The van der Waals surface area contributed by atoms with E-state index in [1.54, 1.807) is 24.3 Å². The number of nitrogens with two attached hydrogens (primary N) is 1. The highest BCUT2D eigenvalue weighted by atomic mass is 35.5. The van der Waals surface area contributed by atoms with E-state index >= 15 is 0 Å². The van der Waals surface area contributed by atoms with E-state index in [1.807, 2.05) is 31.2 Å². The van der Waals surface area contributed by atoms with Crippen molar-refractivity contribution in [2.24, 2.45) is 0 Å². The molecule has 1 atom stereocenters. The molecule has 0 saturated carbocycles. The number of nitrogen functional groups attached to an aromatic ring is 1. The molecule has 0 bridgehead atoms. The predicted octanol–water partition coefficient (Wildman–Crippen LogP) is 3.80. The molecular weight excluding hydrogens is 274 g/mol. The molecule has 0 aliphatic rings. The second-order valence-corrected chi connectivity index (χ2v) is 4.90. The number of hydrogen-bond donors (Lipinski definition) is 3. The first-order chi connectivity index (χ1) is 9.56. The molecule has 0 aliphatic carbocycles. The molecule has 2 aromatic rings. The number of carbonyl (C=O) groups is 1. The van der Waals surface area contributed by atoms with Crippen LogP contribution in [0.4, 0.5) is 16.2 Å². The second-order valence-electron chi connectivity index (χ2n) is 4.46. The Labute approximate surface area is 122 Å². The summed E-state index contributed by atoms with van der Waals surface area (Å²) in [6.07, 6.45) is 0. The van der Waals surface area contributed by atoms with Crippen molar-refractivity contribution in [2.75, 3.05) is 11.1 Å². The van der Waals surface area contributed by atoms with Crippen LogP contribution >= 0.6 is 11.6 Å². The average molecular weight is 290 g/mol. The topological polar surface area (TPSA) is 67.2 Å². The fraction of sp³-hybridized carbons (Fsp3) is 0.133. The molecule has 20 heavy (non-hydrogen) atoms. The number of halogens is 1. The molecule has 0 heterocycles. The van der Waals surface area contributed by atoms with Gasteiger partial charge in [-0.25, -0.2) is 4.79 Å². The summed E-state index contributed by atoms with van der Waals surface area (Å²) in [5.74, 6) is 0. The molecule has 2 amide bonds. The third kappa shape index (κ3) is 3.65. The lowest BCUT2D eigenvalue weighted by Gasteiger charge is -2.16. The van der Waals surface area contributed by atoms with Gasteiger partial charge in [0, 0.05) is 16.4 Å². The van der Waals surface area contributed by atoms with Gasteiger partial charge in [-0.1, -0.05) is 35.9 Å². The van der Waals surface area contributed by atoms with Gasteiger partial charge in [-0.05, 0) is 36.8 Å². The number of benzene rings is 2. The molecule has 1 unspecified atom stereocenters. The van der Waals surface area contributed by atoms with Crippen LogP contribution in [0.25, 0.3) is 0 Å². The molecule has 104 valence electrons. The van der Waals surface area contributed by atoms with Gasteiger partial charge in [0.15, 0.2) is 0 Å². The summed E-state index contributed by atoms with van der Waals surface area (Å²) < 4.78 is 0. The largest absolute Gasteiger partial charge is 0.398 e. The normalized spacial score (nSPS) is 11.7. The Kier molecular flexibility index (Phi) is 4.48. The van der Waals surface area contributed by atoms with Crippen LogP contribution in [0.5, 0.6) is 0 Å². The van der Waals surface area contributed by atoms with Crippen LogP contribution in [-0.2, 0) is 0 Å². The van der Waals surface area contributed by atoms with E-state index in [4.69, 9.17) is 17.3 Å². The maximum absolute atomic E-state index is 11.9. The molecule has 2 rings (SSSR count). The van der Waals surface area contributed by atoms with Gasteiger partial charge in [0.2, 0.25) is 0 Å². The Bertz CT molecular complexity index is 616. The van der Waals surface area contributed by atoms with E-state index < -0.39 is 0 Å². The lowest BCUT2D eigenvalue weighted by atomic mass is 10.1. The maximum Gasteiger partial charge on any atom is 0.319 e. The molecule has 0 saturated heterocycles. The van der Waals surface area contributed by atoms with E-state index in [9.17, 15) is 4.79 Å². The summed E-state index contributed by atoms with van der Waals surface area (Å²) >= 11 is 5.86. The minimum absolute atomic E-state index is 0.185. The van der Waals surface area contributed by atoms with Crippen LogP contribution in [0.2, 0.25) is 5.02 Å². The van der Waals surface area contributed by atoms with E-state index in [0.29, 0.717) is 16.4 Å². The van der Waals surface area contributed by atoms with Crippen molar-refractivity contribution < 1.29 is 4.79 Å². The lowest BCUT2D eigenvalue weighted by molar-refractivity contribution is 0.249. The number of nitrogens with one attached hydrogen (secondary N) is 2. The first kappa shape index (κ1) is 14.2. The number of carbonyl (C=O) groups excluding carboxylic acids is 1. The maximum atomic E-state index is 11.9. The quantitative estimate of drug-likeness (QED) is 0.752. The summed E-state index contributed by atoms with van der Waals surface area (Å²) in [6, 6.07) is 13.9. The van der Waals surface area contributed by atoms with Crippen LogP contribution in [0.1, 0.15) is 18.5 Å². The minimum atomic E-state index is -0.303. The van der Waals surface area contributed by atoms with Crippen molar-refractivity contribution in [1.29, 1.82) is 0 Å². The van der Waals surface area contributed by atoms with Crippen LogP contribution < -0.4 is 16.4 Å². The highest BCUT2D eigenvalue weighted by molar-refractivity contribution is 6.30. The fourth-order valence-corrected chi connectivity index (χ4v) is 2.10. The molecule has 2 aromatic carbocycles. The summed E-state index contributed by atoms with van der Waals surface area (Å²) in [5.41, 5.74) is 8.06. The fourth-order valence-electron chi connectivity index (χ4n) is 1.91. The zero-order chi connectivity index (χ0) is 14.5. The van der Waals surface area contributed by atoms with Crippen molar-refractivity contribution in [3.05, 3.63) is 59.1 Å². The van der Waals surface area contributed by atoms with Crippen molar-refractivity contribution in [3.8, 4) is 0 Å². The number of amides is 2. The van der Waals surface area contributed by atoms with E-state index in [0.717, 1.165) is 5.56 Å². The van der Waals surface area contributed by atoms with Crippen molar-refractivity contribution in [1.82, 2.24) is 5.32 Å². The molecule has 4 nitrogen and oxygen atoms in total. The first-order valence-electron chi connectivity index (χ1n) is 6.24. The Morgan fingerprint density at radius 2 is 1.95 bits per heavy atom. The first-order valence-corrected chi connectivity index (χ1v) is 6.61. The zero-order valence-electron chi connectivity index (χ0n) is 11.1. The smallest absolute Gasteiger partial charge is 0.319 e. The van der Waals surface area contributed by atoms with Gasteiger partial charge in [0.25, 0.3) is 0 Å². The van der Waals surface area contributed by atoms with Crippen LogP contribution in [0.3, 0.4) is 0 Å². The number of hydrogen-bond acceptors (Lipinski definition) is 2. The Hall–Kier alpha value is -2.20. The Morgan fingerprint density at radius 1 is 1.20 bits per heavy atom. The number of urea groups is 1. The summed E-state index contributed by atoms with van der Waals surface area (Å²) in [5, 5.41) is 6.13. The van der Waals surface area contributed by atoms with Gasteiger partial charge in [-0.3, -0.25) is 0 Å². The van der Waals surface area contributed by atoms with E-state index in [-0.39, 0.29) is 12.1 Å². The molecule has 0 spiro atoms. The highest BCUT2D eigenvalue weighted by Crippen LogP contribution is 2.20. The van der Waals surface area contributed by atoms with E-state index in [1.165, 1.54) is 0 Å². The van der Waals surface area contributed by atoms with E-state index in [2.05, 4.69) is 10.6 Å². The van der Waals surface area contributed by atoms with Crippen LogP contribution in [0.15, 0.2) is 48.5 Å². The van der Waals surface area contributed by atoms with Crippen molar-refractivity contribution in [2.45, 2.75) is 13.0 Å². The summed E-state index contributed by atoms with van der Waals surface area (Å²) in [4.78, 5) is 11.9. The SMILES string of the molecule is CC(NC(=O)Nc1cccc(Cl)c1)c1ccccc1N. The molecule has 0 radical (unpaired) electrons. The van der Waals surface area contributed by atoms with Crippen LogP contribution in [0, 0.1) is 0 Å². The minimum Gasteiger partial charge on any atom is -0.398 e. The highest BCUT2D eigenvalue weighted by Gasteiger charge is 2.11. The van der Waals surface area contributed by atoms with Gasteiger partial charge in [-0.15, -0.1) is 0 Å². The molecule has 0 aliphatic heterocycles. The number of para-hydroxylation sites is 1. The van der Waals surface area contributed by atoms with Gasteiger partial charge in [-0.2, -0.15) is 0 Å². The standard InChI is InChI=1S/C15H16ClN3O/c1-10(13-7-2-3-8-14(13)17)18-15(20)19-12-6-4-5-11(16)9-12/h2-10H,17H2,1H3,(H2,18,19,20). The second kappa shape index (κ2) is 6.30. The molecular formula is C15H16ClN3O. The number of rotatable bonds is 3. The Balaban J connectivity index is 2.00. The molecule has 0 aromatic heterocycles. The van der Waals surface area contributed by atoms with Gasteiger partial charge in [0.1, 0.15) is 0 Å². The third-order valence-corrected chi connectivity index (χ3v) is 3.13. The van der Waals surface area contributed by atoms with Gasteiger partial charge < -0.3 is 16.4 Å². The molecule has 0 fully saturated rings. The zero-order valence-corrected chi connectivity index (χ0v) is 11.8. The van der Waals surface area contributed by atoms with Gasteiger partial charge >= 0.3 is 6.03 Å². The van der Waals surface area contributed by atoms with Crippen molar-refractivity contribution in [3.63, 3.8) is 0 Å². The average Bonchev–Trinajstić information content (AvgIpc) is 2.38. The van der Waals surface area contributed by atoms with Crippen LogP contribution in [-0.4, -0.2) is 6.03 Å². The molecule has 5 heteroatoms. The monoisotopic (exact) mass is 289 g/mol. The Morgan fingerprint density at radius 3 is 2.65 bits per heavy atom. The summed E-state index contributed by atoms with van der Waals surface area (Å²) in [7, 11) is 0. The van der Waals surface area contributed by atoms with Gasteiger partial charge in [0.05, 0.1) is 6.04 Å². The van der Waals surface area contributed by atoms with Crippen molar-refractivity contribution >= 4 is 29.0 Å². The third-order valence-electron chi connectivity index (χ3n) is 2.89. The lowest BCUT2D eigenvalue weighted by Crippen LogP contribution is -2.31. The summed E-state index contributed by atoms with van der Waals surface area (Å²) in [6.45, 7) is 1.88. The molecule has 4 N–H and O–H groups in total. The predicted molar refractivity (Wildman–Crippen MR) is 82.9 cm³/mol. The number of anilines is 2.